The van der Waals surface area contributed by atoms with Crippen molar-refractivity contribution in [1.29, 1.82) is 5.26 Å². The molecule has 0 aliphatic rings. The predicted molar refractivity (Wildman–Crippen MR) is 98.3 cm³/mol. The molecule has 0 fully saturated rings. The lowest BCUT2D eigenvalue weighted by Crippen LogP contribution is -2.41. The number of carbonyl (C=O) groups is 1. The minimum atomic E-state index is -5.09. The summed E-state index contributed by atoms with van der Waals surface area (Å²) in [5.74, 6) is -1.58. The number of anilines is 2. The minimum absolute atomic E-state index is 0.147. The number of para-hydroxylation sites is 1. The number of carbonyl (C=O) groups excluding carboxylic acids is 1. The summed E-state index contributed by atoms with van der Waals surface area (Å²) < 4.78 is 47.2. The van der Waals surface area contributed by atoms with Crippen LogP contribution in [0.4, 0.5) is 24.5 Å². The first-order valence-corrected chi connectivity index (χ1v) is 8.21. The summed E-state index contributed by atoms with van der Waals surface area (Å²) in [5, 5.41) is 17.5. The van der Waals surface area contributed by atoms with Crippen molar-refractivity contribution in [2.75, 3.05) is 11.1 Å². The number of halogens is 3. The third-order valence-corrected chi connectivity index (χ3v) is 3.90. The van der Waals surface area contributed by atoms with Crippen LogP contribution in [-0.2, 0) is 0 Å². The van der Waals surface area contributed by atoms with Crippen molar-refractivity contribution < 1.29 is 32.5 Å². The minimum Gasteiger partial charge on any atom is -0.437 e. The Morgan fingerprint density at radius 2 is 2.03 bits per heavy atom. The van der Waals surface area contributed by atoms with Crippen molar-refractivity contribution in [3.8, 4) is 11.8 Å². The van der Waals surface area contributed by atoms with E-state index in [0.29, 0.717) is 5.56 Å². The van der Waals surface area contributed by atoms with E-state index in [0.717, 1.165) is 12.1 Å². The molecule has 30 heavy (non-hydrogen) atoms. The normalized spacial score (nSPS) is 10.9. The molecule has 0 saturated heterocycles. The van der Waals surface area contributed by atoms with Gasteiger partial charge in [0.25, 0.3) is 11.6 Å². The quantitative estimate of drug-likeness (QED) is 0.429. The Kier molecular flexibility index (Phi) is 5.41. The highest BCUT2D eigenvalue weighted by Gasteiger charge is 2.34. The zero-order valence-corrected chi connectivity index (χ0v) is 15.0. The fourth-order valence-corrected chi connectivity index (χ4v) is 2.58. The molecule has 0 radical (unpaired) electrons. The molecule has 1 heterocycles. The Morgan fingerprint density at radius 3 is 2.67 bits per heavy atom. The van der Waals surface area contributed by atoms with Crippen LogP contribution in [0.3, 0.4) is 0 Å². The van der Waals surface area contributed by atoms with E-state index in [2.05, 4.69) is 15.0 Å². The monoisotopic (exact) mass is 416 g/mol. The SMILES string of the molecule is N#Cc1cccc(C(=O)Nc2ccc(N)c(C(=[NH2+])c3cnco3)c2)c1OC(F)(F)F. The van der Waals surface area contributed by atoms with Gasteiger partial charge in [0.05, 0.1) is 22.9 Å². The molecule has 5 N–H and O–H groups in total. The lowest BCUT2D eigenvalue weighted by atomic mass is 10.0. The van der Waals surface area contributed by atoms with Crippen LogP contribution in [0.2, 0.25) is 0 Å². The summed E-state index contributed by atoms with van der Waals surface area (Å²) in [7, 11) is 0. The van der Waals surface area contributed by atoms with Gasteiger partial charge in [0.2, 0.25) is 5.76 Å². The number of nitrogen functional groups attached to an aromatic ring is 1. The smallest absolute Gasteiger partial charge is 0.437 e. The van der Waals surface area contributed by atoms with Gasteiger partial charge in [-0.1, -0.05) is 6.07 Å². The molecule has 0 spiro atoms. The van der Waals surface area contributed by atoms with E-state index in [1.165, 1.54) is 36.9 Å². The first kappa shape index (κ1) is 20.4. The van der Waals surface area contributed by atoms with Crippen LogP contribution in [0.25, 0.3) is 0 Å². The molecular formula is C19H13F3N5O3+. The molecule has 8 nitrogen and oxygen atoms in total. The number of nitrogens with zero attached hydrogens (tertiary/aromatic N) is 2. The molecule has 0 bridgehead atoms. The molecular weight excluding hydrogens is 403 g/mol. The van der Waals surface area contributed by atoms with E-state index in [9.17, 15) is 18.0 Å². The number of hydrogen-bond donors (Lipinski definition) is 3. The van der Waals surface area contributed by atoms with Crippen LogP contribution in [0.5, 0.6) is 5.75 Å². The summed E-state index contributed by atoms with van der Waals surface area (Å²) in [6.45, 7) is 0. The molecule has 0 unspecified atom stereocenters. The number of nitrogens with one attached hydrogen (secondary N) is 1. The number of nitriles is 1. The number of rotatable bonds is 5. The van der Waals surface area contributed by atoms with Crippen LogP contribution < -0.4 is 21.2 Å². The van der Waals surface area contributed by atoms with Gasteiger partial charge in [-0.05, 0) is 30.3 Å². The van der Waals surface area contributed by atoms with Crippen LogP contribution >= 0.6 is 0 Å². The van der Waals surface area contributed by atoms with Crippen molar-refractivity contribution in [2.24, 2.45) is 0 Å². The highest BCUT2D eigenvalue weighted by Crippen LogP contribution is 2.31. The maximum Gasteiger partial charge on any atom is 0.573 e. The molecule has 3 aromatic rings. The number of nitrogens with two attached hydrogens (primary N) is 2. The van der Waals surface area contributed by atoms with E-state index in [1.54, 1.807) is 6.07 Å². The lowest BCUT2D eigenvalue weighted by Gasteiger charge is -2.15. The fourth-order valence-electron chi connectivity index (χ4n) is 2.58. The number of amides is 1. The second-order valence-corrected chi connectivity index (χ2v) is 5.88. The predicted octanol–water partition coefficient (Wildman–Crippen LogP) is 1.88. The van der Waals surface area contributed by atoms with Gasteiger partial charge in [-0.15, -0.1) is 13.2 Å². The van der Waals surface area contributed by atoms with Gasteiger partial charge in [-0.3, -0.25) is 10.2 Å². The van der Waals surface area contributed by atoms with Gasteiger partial charge in [0.15, 0.2) is 12.1 Å². The summed E-state index contributed by atoms with van der Waals surface area (Å²) >= 11 is 0. The molecule has 0 aliphatic carbocycles. The number of alkyl halides is 3. The highest BCUT2D eigenvalue weighted by molar-refractivity contribution is 6.12. The summed E-state index contributed by atoms with van der Waals surface area (Å²) in [4.78, 5) is 16.4. The number of benzene rings is 2. The van der Waals surface area contributed by atoms with Crippen molar-refractivity contribution in [3.05, 3.63) is 71.4 Å². The highest BCUT2D eigenvalue weighted by atomic mass is 19.4. The summed E-state index contributed by atoms with van der Waals surface area (Å²) in [6, 6.07) is 9.34. The Balaban J connectivity index is 1.93. The van der Waals surface area contributed by atoms with Crippen LogP contribution in [0.15, 0.2) is 53.4 Å². The van der Waals surface area contributed by atoms with Gasteiger partial charge < -0.3 is 20.2 Å². The fraction of sp³-hybridized carbons (Fsp3) is 0.0526. The molecule has 0 aliphatic heterocycles. The summed E-state index contributed by atoms with van der Waals surface area (Å²) in [5.41, 5.74) is 5.92. The van der Waals surface area contributed by atoms with Crippen LogP contribution in [0, 0.1) is 11.3 Å². The number of aromatic nitrogens is 1. The van der Waals surface area contributed by atoms with E-state index < -0.39 is 29.1 Å². The largest absolute Gasteiger partial charge is 0.573 e. The average molecular weight is 416 g/mol. The first-order valence-electron chi connectivity index (χ1n) is 8.21. The Bertz CT molecular complexity index is 1150. The Hall–Kier alpha value is -4.33. The van der Waals surface area contributed by atoms with E-state index in [-0.39, 0.29) is 22.8 Å². The second-order valence-electron chi connectivity index (χ2n) is 5.88. The molecule has 3 rings (SSSR count). The topological polar surface area (TPSA) is 140 Å². The number of hydrogen-bond acceptors (Lipinski definition) is 6. The number of ether oxygens (including phenoxy) is 1. The first-order chi connectivity index (χ1) is 14.2. The zero-order chi connectivity index (χ0) is 21.9. The third kappa shape index (κ3) is 4.39. The molecule has 0 atom stereocenters. The molecule has 0 saturated carbocycles. The van der Waals surface area contributed by atoms with Gasteiger partial charge in [0, 0.05) is 11.4 Å². The Labute approximate surface area is 167 Å². The van der Waals surface area contributed by atoms with Gasteiger partial charge >= 0.3 is 6.36 Å². The van der Waals surface area contributed by atoms with Crippen LogP contribution in [-0.4, -0.2) is 23.0 Å². The van der Waals surface area contributed by atoms with Crippen molar-refractivity contribution in [3.63, 3.8) is 0 Å². The zero-order valence-electron chi connectivity index (χ0n) is 15.0. The lowest BCUT2D eigenvalue weighted by molar-refractivity contribution is -0.274. The molecule has 2 aromatic carbocycles. The maximum atomic E-state index is 12.7. The average Bonchev–Trinajstić information content (AvgIpc) is 3.22. The van der Waals surface area contributed by atoms with Gasteiger partial charge in [-0.2, -0.15) is 5.26 Å². The molecule has 11 heteroatoms. The van der Waals surface area contributed by atoms with Crippen molar-refractivity contribution in [2.45, 2.75) is 6.36 Å². The molecule has 1 aromatic heterocycles. The molecule has 1 amide bonds. The Morgan fingerprint density at radius 1 is 1.27 bits per heavy atom. The van der Waals surface area contributed by atoms with E-state index >= 15 is 0 Å². The van der Waals surface area contributed by atoms with E-state index in [4.69, 9.17) is 20.8 Å². The second kappa shape index (κ2) is 7.96. The standard InChI is InChI=1S/C19H12F3N5O3/c20-19(21,22)30-17-10(7-23)2-1-3-12(17)18(28)27-11-4-5-14(24)13(6-11)16(25)15-8-26-9-29-15/h1-6,8-9,25H,24H2,(H,27,28)/p+1. The van der Waals surface area contributed by atoms with Crippen LogP contribution in [0.1, 0.15) is 27.2 Å². The molecule has 152 valence electrons. The summed E-state index contributed by atoms with van der Waals surface area (Å²) in [6.07, 6.45) is -2.54. The van der Waals surface area contributed by atoms with Gasteiger partial charge in [-0.25, -0.2) is 4.98 Å². The van der Waals surface area contributed by atoms with E-state index in [1.807, 2.05) is 0 Å². The maximum absolute atomic E-state index is 12.7. The van der Waals surface area contributed by atoms with Crippen molar-refractivity contribution >= 4 is 23.0 Å². The van der Waals surface area contributed by atoms with Gasteiger partial charge in [0.1, 0.15) is 6.07 Å². The number of oxazole rings is 1. The third-order valence-electron chi connectivity index (χ3n) is 3.90. The van der Waals surface area contributed by atoms with Crippen molar-refractivity contribution in [1.82, 2.24) is 4.98 Å².